The summed E-state index contributed by atoms with van der Waals surface area (Å²) in [6.07, 6.45) is 12.5. The molecule has 130 valence electrons. The molecule has 2 N–H and O–H groups in total. The van der Waals surface area contributed by atoms with Gasteiger partial charge < -0.3 is 0 Å². The summed E-state index contributed by atoms with van der Waals surface area (Å²) in [5.41, 5.74) is 0. The number of hydrogen-bond acceptors (Lipinski definition) is 3. The molecule has 0 unspecified atom stereocenters. The van der Waals surface area contributed by atoms with Gasteiger partial charge in [0, 0.05) is 20.0 Å². The van der Waals surface area contributed by atoms with E-state index in [0.717, 1.165) is 12.8 Å². The van der Waals surface area contributed by atoms with E-state index in [1.807, 2.05) is 0 Å². The van der Waals surface area contributed by atoms with Crippen LogP contribution in [0.3, 0.4) is 0 Å². The molecule has 0 radical (unpaired) electrons. The summed E-state index contributed by atoms with van der Waals surface area (Å²) in [5, 5.41) is 1.50. The largest absolute Gasteiger partial charge is 0.300 e. The molecule has 0 saturated heterocycles. The first-order chi connectivity index (χ1) is 9.45. The summed E-state index contributed by atoms with van der Waals surface area (Å²) in [4.78, 5) is 11.5. The van der Waals surface area contributed by atoms with E-state index < -0.39 is 0 Å². The van der Waals surface area contributed by atoms with E-state index in [1.165, 1.54) is 56.4 Å². The van der Waals surface area contributed by atoms with Crippen LogP contribution in [-0.4, -0.2) is 24.9 Å². The Morgan fingerprint density at radius 2 is 1.24 bits per heavy atom. The Kier molecular flexibility index (Phi) is 25.4. The van der Waals surface area contributed by atoms with Crippen molar-refractivity contribution >= 4 is 29.8 Å². The maximum absolute atomic E-state index is 11.5. The average molecular weight is 414 g/mol. The topological polar surface area (TPSA) is 46.3 Å². The van der Waals surface area contributed by atoms with Gasteiger partial charge >= 0.3 is 0 Å². The van der Waals surface area contributed by atoms with Gasteiger partial charge in [0.2, 0.25) is 0 Å². The van der Waals surface area contributed by atoms with Crippen LogP contribution < -0.4 is 5.84 Å². The Labute approximate surface area is 150 Å². The minimum Gasteiger partial charge on any atom is -0.300 e. The molecule has 0 aliphatic heterocycles. The lowest BCUT2D eigenvalue weighted by atomic mass is 9.91. The van der Waals surface area contributed by atoms with Crippen LogP contribution in [0.5, 0.6) is 0 Å². The van der Waals surface area contributed by atoms with Crippen molar-refractivity contribution in [1.82, 2.24) is 5.01 Å². The van der Waals surface area contributed by atoms with Crippen molar-refractivity contribution in [3.63, 3.8) is 0 Å². The lowest BCUT2D eigenvalue weighted by Gasteiger charge is -2.13. The molecule has 21 heavy (non-hydrogen) atoms. The summed E-state index contributed by atoms with van der Waals surface area (Å²) in [6, 6.07) is 0. The minimum absolute atomic E-state index is 0. The normalized spacial score (nSPS) is 10.1. The minimum atomic E-state index is 0. The zero-order valence-corrected chi connectivity index (χ0v) is 17.3. The fourth-order valence-electron chi connectivity index (χ4n) is 2.19. The van der Waals surface area contributed by atoms with Gasteiger partial charge in [-0.25, -0.2) is 0 Å². The summed E-state index contributed by atoms with van der Waals surface area (Å²) < 4.78 is 0. The third-order valence-corrected chi connectivity index (χ3v) is 3.39. The molecular formula is C17H39IN2O. The molecule has 0 aliphatic rings. The predicted molar refractivity (Wildman–Crippen MR) is 105 cm³/mol. The van der Waals surface area contributed by atoms with Gasteiger partial charge in [-0.3, -0.25) is 15.6 Å². The molecule has 0 aromatic heterocycles. The van der Waals surface area contributed by atoms with Crippen molar-refractivity contribution in [3.8, 4) is 0 Å². The van der Waals surface area contributed by atoms with Crippen molar-refractivity contribution in [2.45, 2.75) is 85.0 Å². The molecule has 0 saturated carbocycles. The summed E-state index contributed by atoms with van der Waals surface area (Å²) in [6.45, 7) is 6.23. The monoisotopic (exact) mass is 414 g/mol. The number of Topliss-reactive ketones (excluding diaryl/α,β-unsaturated/α-hetero) is 1. The molecule has 0 fully saturated rings. The molecule has 0 aromatic rings. The van der Waals surface area contributed by atoms with Crippen LogP contribution >= 0.6 is 24.0 Å². The molecule has 0 aliphatic carbocycles. The Hall–Kier alpha value is 0.320. The smallest absolute Gasteiger partial charge is 0.132 e. The zero-order chi connectivity index (χ0) is 15.8. The number of unbranched alkanes of at least 4 members (excludes halogenated alkanes) is 6. The van der Waals surface area contributed by atoms with Crippen molar-refractivity contribution in [3.05, 3.63) is 0 Å². The second-order valence-corrected chi connectivity index (χ2v) is 5.97. The fourth-order valence-corrected chi connectivity index (χ4v) is 2.19. The van der Waals surface area contributed by atoms with E-state index in [9.17, 15) is 4.79 Å². The number of nitrogens with two attached hydrogens (primary N) is 1. The van der Waals surface area contributed by atoms with Crippen LogP contribution in [0.25, 0.3) is 0 Å². The van der Waals surface area contributed by atoms with Crippen molar-refractivity contribution in [2.24, 2.45) is 11.8 Å². The van der Waals surface area contributed by atoms with Gasteiger partial charge in [0.15, 0.2) is 0 Å². The van der Waals surface area contributed by atoms with E-state index >= 15 is 0 Å². The van der Waals surface area contributed by atoms with Gasteiger partial charge in [0.25, 0.3) is 0 Å². The second kappa shape index (κ2) is 20.3. The molecule has 0 atom stereocenters. The average Bonchev–Trinajstić information content (AvgIpc) is 2.36. The van der Waals surface area contributed by atoms with Crippen LogP contribution in [0.2, 0.25) is 0 Å². The Bertz CT molecular complexity index is 196. The van der Waals surface area contributed by atoms with Gasteiger partial charge in [-0.05, 0) is 19.8 Å². The first kappa shape index (κ1) is 26.2. The van der Waals surface area contributed by atoms with Crippen LogP contribution in [0.15, 0.2) is 0 Å². The molecule has 0 bridgehead atoms. The predicted octanol–water partition coefficient (Wildman–Crippen LogP) is 5.17. The zero-order valence-electron chi connectivity index (χ0n) is 15.0. The summed E-state index contributed by atoms with van der Waals surface area (Å²) in [7, 11) is 3.56. The maximum Gasteiger partial charge on any atom is 0.132 e. The molecule has 3 nitrogen and oxygen atoms in total. The third-order valence-electron chi connectivity index (χ3n) is 3.39. The molecule has 0 spiro atoms. The summed E-state index contributed by atoms with van der Waals surface area (Å²) >= 11 is 0. The number of hydrazine groups is 1. The highest BCUT2D eigenvalue weighted by atomic mass is 127. The number of halogens is 1. The van der Waals surface area contributed by atoms with Gasteiger partial charge in [-0.1, -0.05) is 65.2 Å². The number of nitrogens with zero attached hydrogens (tertiary/aromatic N) is 1. The Morgan fingerprint density at radius 1 is 0.905 bits per heavy atom. The highest BCUT2D eigenvalue weighted by Gasteiger charge is 2.12. The lowest BCUT2D eigenvalue weighted by Crippen LogP contribution is -2.18. The standard InChI is InChI=1S/C15H30O.C2H8N2.HI/c1-4-6-8-10-12-15(14(3)16)13-11-9-7-5-2;1-4(2)3;/h15H,4-13H2,1-3H3;3H2,1-2H3;1H. The Balaban J connectivity index is -0.000000572. The second-order valence-electron chi connectivity index (χ2n) is 5.97. The first-order valence-electron chi connectivity index (χ1n) is 8.38. The molecule has 4 heteroatoms. The highest BCUT2D eigenvalue weighted by Crippen LogP contribution is 2.19. The van der Waals surface area contributed by atoms with Gasteiger partial charge in [-0.2, -0.15) is 0 Å². The Morgan fingerprint density at radius 3 is 1.48 bits per heavy atom. The molecule has 0 heterocycles. The van der Waals surface area contributed by atoms with E-state index in [4.69, 9.17) is 5.84 Å². The quantitative estimate of drug-likeness (QED) is 0.220. The van der Waals surface area contributed by atoms with Crippen molar-refractivity contribution in [2.75, 3.05) is 14.1 Å². The number of ketones is 1. The number of carbonyl (C=O) groups excluding carboxylic acids is 1. The van der Waals surface area contributed by atoms with Gasteiger partial charge in [0.1, 0.15) is 5.78 Å². The van der Waals surface area contributed by atoms with E-state index in [0.29, 0.717) is 11.7 Å². The number of rotatable bonds is 11. The van der Waals surface area contributed by atoms with Crippen LogP contribution in [0.1, 0.15) is 85.0 Å². The first-order valence-corrected chi connectivity index (χ1v) is 8.38. The SMILES string of the molecule is CCCCCCC(CCCCCC)C(C)=O.CN(C)N.I. The van der Waals surface area contributed by atoms with Crippen molar-refractivity contribution in [1.29, 1.82) is 0 Å². The molecule has 0 amide bonds. The van der Waals surface area contributed by atoms with Crippen molar-refractivity contribution < 1.29 is 4.79 Å². The van der Waals surface area contributed by atoms with E-state index in [-0.39, 0.29) is 24.0 Å². The molecule has 0 rings (SSSR count). The maximum atomic E-state index is 11.5. The number of hydrogen-bond donors (Lipinski definition) is 1. The molecule has 0 aromatic carbocycles. The van der Waals surface area contributed by atoms with E-state index in [1.54, 1.807) is 21.0 Å². The van der Waals surface area contributed by atoms with Crippen LogP contribution in [0, 0.1) is 5.92 Å². The fraction of sp³-hybridized carbons (Fsp3) is 0.941. The molecular weight excluding hydrogens is 375 g/mol. The van der Waals surface area contributed by atoms with Gasteiger partial charge in [-0.15, -0.1) is 24.0 Å². The van der Waals surface area contributed by atoms with Crippen LogP contribution in [-0.2, 0) is 4.79 Å². The highest BCUT2D eigenvalue weighted by molar-refractivity contribution is 14.0. The lowest BCUT2D eigenvalue weighted by molar-refractivity contribution is -0.121. The summed E-state index contributed by atoms with van der Waals surface area (Å²) in [5.74, 6) is 5.71. The third kappa shape index (κ3) is 25.6. The van der Waals surface area contributed by atoms with E-state index in [2.05, 4.69) is 13.8 Å². The van der Waals surface area contributed by atoms with Crippen LogP contribution in [0.4, 0.5) is 0 Å². The van der Waals surface area contributed by atoms with Gasteiger partial charge in [0.05, 0.1) is 0 Å². The number of carbonyl (C=O) groups is 1.